The summed E-state index contributed by atoms with van der Waals surface area (Å²) in [5.74, 6) is -2.97. The van der Waals surface area contributed by atoms with Gasteiger partial charge in [-0.05, 0) is 0 Å². The van der Waals surface area contributed by atoms with Crippen molar-refractivity contribution in [3.63, 3.8) is 0 Å². The first kappa shape index (κ1) is 11.4. The Labute approximate surface area is 75.7 Å². The van der Waals surface area contributed by atoms with Crippen LogP contribution in [0, 0.1) is 0 Å². The maximum Gasteiger partial charge on any atom is 0.394 e. The van der Waals surface area contributed by atoms with Crippen LogP contribution in [0.25, 0.3) is 0 Å². The fraction of sp³-hybridized carbons (Fsp3) is 0.571. The third-order valence-corrected chi connectivity index (χ3v) is 1.40. The van der Waals surface area contributed by atoms with E-state index in [4.69, 9.17) is 5.11 Å². The Morgan fingerprint density at radius 3 is 1.92 bits per heavy atom. The molecule has 0 bridgehead atoms. The van der Waals surface area contributed by atoms with Gasteiger partial charge >= 0.3 is 11.9 Å². The van der Waals surface area contributed by atoms with E-state index in [1.165, 1.54) is 26.0 Å². The van der Waals surface area contributed by atoms with Crippen LogP contribution in [0.15, 0.2) is 0 Å². The molecule has 0 unspecified atom stereocenters. The lowest BCUT2D eigenvalue weighted by atomic mass is 10.4. The molecule has 6 nitrogen and oxygen atoms in total. The molecule has 1 N–H and O–H groups in total. The van der Waals surface area contributed by atoms with Crippen molar-refractivity contribution >= 4 is 17.8 Å². The Morgan fingerprint density at radius 1 is 1.15 bits per heavy atom. The van der Waals surface area contributed by atoms with E-state index >= 15 is 0 Å². The van der Waals surface area contributed by atoms with Crippen LogP contribution in [0.5, 0.6) is 0 Å². The zero-order valence-electron chi connectivity index (χ0n) is 7.77. The summed E-state index contributed by atoms with van der Waals surface area (Å²) >= 11 is 0. The topological polar surface area (TPSA) is 77.9 Å². The van der Waals surface area contributed by atoms with Crippen LogP contribution >= 0.6 is 0 Å². The summed E-state index contributed by atoms with van der Waals surface area (Å²) in [5.41, 5.74) is 0. The minimum absolute atomic E-state index is 0.224. The molecule has 0 spiro atoms. The Morgan fingerprint density at radius 2 is 1.62 bits per heavy atom. The number of aliphatic carboxylic acids is 1. The van der Waals surface area contributed by atoms with Crippen molar-refractivity contribution in [3.05, 3.63) is 0 Å². The van der Waals surface area contributed by atoms with Gasteiger partial charge in [0.15, 0.2) is 0 Å². The van der Waals surface area contributed by atoms with Crippen molar-refractivity contribution in [3.8, 4) is 0 Å². The molecule has 0 heterocycles. The number of rotatable bonds is 2. The summed E-state index contributed by atoms with van der Waals surface area (Å²) in [6.45, 7) is -0.224. The third-order valence-electron chi connectivity index (χ3n) is 1.40. The normalized spacial score (nSPS) is 9.15. The first-order chi connectivity index (χ1) is 5.86. The molecule has 0 atom stereocenters. The van der Waals surface area contributed by atoms with E-state index in [-0.39, 0.29) is 12.5 Å². The van der Waals surface area contributed by atoms with Crippen LogP contribution in [0.3, 0.4) is 0 Å². The number of hydrogen-bond acceptors (Lipinski definition) is 3. The molecule has 13 heavy (non-hydrogen) atoms. The van der Waals surface area contributed by atoms with E-state index in [0.29, 0.717) is 0 Å². The van der Waals surface area contributed by atoms with Crippen molar-refractivity contribution in [1.82, 2.24) is 9.80 Å². The Hall–Kier alpha value is -1.59. The number of carboxylic acid groups (broad SMARTS) is 1. The minimum atomic E-state index is -1.56. The summed E-state index contributed by atoms with van der Waals surface area (Å²) in [4.78, 5) is 34.1. The monoisotopic (exact) mass is 188 g/mol. The van der Waals surface area contributed by atoms with Crippen LogP contribution in [0.1, 0.15) is 0 Å². The van der Waals surface area contributed by atoms with Crippen molar-refractivity contribution in [1.29, 1.82) is 0 Å². The SMILES string of the molecule is CN(C)C(=O)CN(C)C(=O)C(=O)O. The summed E-state index contributed by atoms with van der Waals surface area (Å²) < 4.78 is 0. The molecule has 6 heteroatoms. The molecule has 0 aliphatic rings. The zero-order chi connectivity index (χ0) is 10.6. The molecule has 0 aliphatic carbocycles. The Kier molecular flexibility index (Phi) is 3.90. The molecule has 0 saturated heterocycles. The average molecular weight is 188 g/mol. The van der Waals surface area contributed by atoms with Crippen LogP contribution in [-0.2, 0) is 14.4 Å². The van der Waals surface area contributed by atoms with Gasteiger partial charge in [-0.25, -0.2) is 4.79 Å². The van der Waals surface area contributed by atoms with Crippen LogP contribution in [-0.4, -0.2) is 60.4 Å². The lowest BCUT2D eigenvalue weighted by molar-refractivity contribution is -0.156. The van der Waals surface area contributed by atoms with Crippen molar-refractivity contribution in [2.75, 3.05) is 27.7 Å². The van der Waals surface area contributed by atoms with Crippen LogP contribution in [0.4, 0.5) is 0 Å². The van der Waals surface area contributed by atoms with E-state index < -0.39 is 11.9 Å². The molecule has 74 valence electrons. The van der Waals surface area contributed by atoms with Gasteiger partial charge in [0.05, 0.1) is 6.54 Å². The lowest BCUT2D eigenvalue weighted by Gasteiger charge is -2.16. The number of carbonyl (C=O) groups excluding carboxylic acids is 2. The number of nitrogens with zero attached hydrogens (tertiary/aromatic N) is 2. The Balaban J connectivity index is 4.16. The second kappa shape index (κ2) is 4.44. The highest BCUT2D eigenvalue weighted by Crippen LogP contribution is 1.88. The highest BCUT2D eigenvalue weighted by Gasteiger charge is 2.19. The van der Waals surface area contributed by atoms with Gasteiger partial charge in [0.25, 0.3) is 0 Å². The molecule has 0 aromatic heterocycles. The van der Waals surface area contributed by atoms with E-state index in [1.807, 2.05) is 0 Å². The number of carboxylic acids is 1. The third kappa shape index (κ3) is 3.55. The van der Waals surface area contributed by atoms with Gasteiger partial charge in [0.2, 0.25) is 5.91 Å². The maximum absolute atomic E-state index is 11.0. The molecule has 2 amide bonds. The quantitative estimate of drug-likeness (QED) is 0.541. The van der Waals surface area contributed by atoms with Crippen molar-refractivity contribution < 1.29 is 19.5 Å². The molecule has 0 aliphatic heterocycles. The summed E-state index contributed by atoms with van der Waals surface area (Å²) in [6.07, 6.45) is 0. The van der Waals surface area contributed by atoms with Crippen molar-refractivity contribution in [2.45, 2.75) is 0 Å². The number of hydrogen-bond donors (Lipinski definition) is 1. The molecular formula is C7H12N2O4. The minimum Gasteiger partial charge on any atom is -0.474 e. The average Bonchev–Trinajstić information content (AvgIpc) is 2.02. The van der Waals surface area contributed by atoms with Crippen LogP contribution < -0.4 is 0 Å². The molecule has 0 saturated carbocycles. The molecule has 0 aromatic carbocycles. The number of carbonyl (C=O) groups is 3. The summed E-state index contributed by atoms with van der Waals surface area (Å²) in [6, 6.07) is 0. The fourth-order valence-electron chi connectivity index (χ4n) is 0.579. The molecule has 0 aromatic rings. The zero-order valence-corrected chi connectivity index (χ0v) is 7.77. The predicted molar refractivity (Wildman–Crippen MR) is 44.0 cm³/mol. The highest BCUT2D eigenvalue weighted by atomic mass is 16.4. The van der Waals surface area contributed by atoms with Crippen molar-refractivity contribution in [2.24, 2.45) is 0 Å². The second-order valence-corrected chi connectivity index (χ2v) is 2.75. The maximum atomic E-state index is 11.0. The lowest BCUT2D eigenvalue weighted by Crippen LogP contribution is -2.40. The Bertz CT molecular complexity index is 237. The smallest absolute Gasteiger partial charge is 0.394 e. The van der Waals surface area contributed by atoms with Gasteiger partial charge in [-0.1, -0.05) is 0 Å². The van der Waals surface area contributed by atoms with E-state index in [2.05, 4.69) is 0 Å². The number of amides is 2. The van der Waals surface area contributed by atoms with Crippen LogP contribution in [0.2, 0.25) is 0 Å². The van der Waals surface area contributed by atoms with Gasteiger partial charge in [-0.3, -0.25) is 9.59 Å². The molecular weight excluding hydrogens is 176 g/mol. The van der Waals surface area contributed by atoms with Gasteiger partial charge in [-0.2, -0.15) is 0 Å². The molecule has 0 rings (SSSR count). The first-order valence-electron chi connectivity index (χ1n) is 3.54. The summed E-state index contributed by atoms with van der Waals surface area (Å²) in [5, 5.41) is 8.29. The molecule has 0 radical (unpaired) electrons. The van der Waals surface area contributed by atoms with E-state index in [0.717, 1.165) is 4.90 Å². The summed E-state index contributed by atoms with van der Waals surface area (Å²) in [7, 11) is 4.32. The van der Waals surface area contributed by atoms with E-state index in [9.17, 15) is 14.4 Å². The van der Waals surface area contributed by atoms with Gasteiger partial charge in [0, 0.05) is 21.1 Å². The highest BCUT2D eigenvalue weighted by molar-refractivity contribution is 6.31. The first-order valence-corrected chi connectivity index (χ1v) is 3.54. The van der Waals surface area contributed by atoms with Gasteiger partial charge in [-0.15, -0.1) is 0 Å². The molecule has 0 fully saturated rings. The standard InChI is InChI=1S/C7H12N2O4/c1-8(2)5(10)4-9(3)6(11)7(12)13/h4H2,1-3H3,(H,12,13). The second-order valence-electron chi connectivity index (χ2n) is 2.75. The predicted octanol–water partition coefficient (Wildman–Crippen LogP) is -1.38. The largest absolute Gasteiger partial charge is 0.474 e. The fourth-order valence-corrected chi connectivity index (χ4v) is 0.579. The number of likely N-dealkylation sites (N-methyl/N-ethyl adjacent to an activating group) is 2. The van der Waals surface area contributed by atoms with E-state index in [1.54, 1.807) is 0 Å². The van der Waals surface area contributed by atoms with Gasteiger partial charge < -0.3 is 14.9 Å². The van der Waals surface area contributed by atoms with Gasteiger partial charge in [0.1, 0.15) is 0 Å².